The Hall–Kier alpha value is -0.550. The van der Waals surface area contributed by atoms with Crippen LogP contribution in [0.15, 0.2) is 11.6 Å². The van der Waals surface area contributed by atoms with Crippen LogP contribution in [-0.4, -0.2) is 36.1 Å². The highest BCUT2D eigenvalue weighted by Gasteiger charge is 2.12. The van der Waals surface area contributed by atoms with Gasteiger partial charge in [0, 0.05) is 13.1 Å². The van der Waals surface area contributed by atoms with Crippen LogP contribution in [0.2, 0.25) is 10.0 Å². The fraction of sp³-hybridized carbons (Fsp3) is 0.462. The molecule has 0 unspecified atom stereocenters. The zero-order valence-corrected chi connectivity index (χ0v) is 13.4. The monoisotopic (exact) mass is 317 g/mol. The first-order valence-electron chi connectivity index (χ1n) is 6.34. The lowest BCUT2D eigenvalue weighted by Crippen LogP contribution is -2.28. The molecule has 19 heavy (non-hydrogen) atoms. The third kappa shape index (κ3) is 3.31. The van der Waals surface area contributed by atoms with Crippen molar-refractivity contribution in [1.29, 1.82) is 0 Å². The summed E-state index contributed by atoms with van der Waals surface area (Å²) in [5.41, 5.74) is 3.56. The molecule has 0 radical (unpaired) electrons. The number of anilines is 1. The zero-order valence-electron chi connectivity index (χ0n) is 11.0. The van der Waals surface area contributed by atoms with E-state index >= 15 is 0 Å². The summed E-state index contributed by atoms with van der Waals surface area (Å²) in [6.45, 7) is 8.30. The average Bonchev–Trinajstić information content (AvgIpc) is 2.87. The van der Waals surface area contributed by atoms with E-state index in [0.29, 0.717) is 10.0 Å². The Bertz CT molecular complexity index is 552. The van der Waals surface area contributed by atoms with Gasteiger partial charge in [0.05, 0.1) is 25.9 Å². The molecule has 0 saturated heterocycles. The molecule has 6 heteroatoms. The predicted molar refractivity (Wildman–Crippen MR) is 85.9 cm³/mol. The Morgan fingerprint density at radius 1 is 1.26 bits per heavy atom. The van der Waals surface area contributed by atoms with Gasteiger partial charge < -0.3 is 10.2 Å². The predicted octanol–water partition coefficient (Wildman–Crippen LogP) is 4.36. The summed E-state index contributed by atoms with van der Waals surface area (Å²) in [4.78, 5) is 6.63. The van der Waals surface area contributed by atoms with Crippen molar-refractivity contribution < 1.29 is 0 Å². The van der Waals surface area contributed by atoms with Crippen LogP contribution in [0.25, 0.3) is 10.2 Å². The fourth-order valence-corrected chi connectivity index (χ4v) is 3.53. The molecular weight excluding hydrogens is 301 g/mol. The molecule has 1 aromatic heterocycles. The number of halogens is 2. The smallest absolute Gasteiger partial charge is 0.102 e. The van der Waals surface area contributed by atoms with Crippen LogP contribution in [0.4, 0.5) is 5.69 Å². The number of nitrogens with zero attached hydrogens (tertiary/aromatic N) is 2. The number of likely N-dealkylation sites (N-methyl/N-ethyl adjacent to an activating group) is 1. The highest BCUT2D eigenvalue weighted by molar-refractivity contribution is 7.17. The molecular formula is C13H17Cl2N3S. The van der Waals surface area contributed by atoms with Crippen molar-refractivity contribution in [3.8, 4) is 0 Å². The van der Waals surface area contributed by atoms with Crippen LogP contribution >= 0.6 is 34.5 Å². The minimum atomic E-state index is 0.607. The van der Waals surface area contributed by atoms with Gasteiger partial charge in [-0.1, -0.05) is 37.0 Å². The molecule has 2 aromatic rings. The van der Waals surface area contributed by atoms with E-state index in [4.69, 9.17) is 23.2 Å². The van der Waals surface area contributed by atoms with Crippen molar-refractivity contribution in [3.63, 3.8) is 0 Å². The Morgan fingerprint density at radius 3 is 2.68 bits per heavy atom. The van der Waals surface area contributed by atoms with Gasteiger partial charge in [0.25, 0.3) is 0 Å². The van der Waals surface area contributed by atoms with Crippen LogP contribution in [0.5, 0.6) is 0 Å². The summed E-state index contributed by atoms with van der Waals surface area (Å²) in [6.07, 6.45) is 0. The molecule has 0 saturated carbocycles. The number of hydrogen-bond donors (Lipinski definition) is 1. The quantitative estimate of drug-likeness (QED) is 0.858. The Labute approximate surface area is 127 Å². The summed E-state index contributed by atoms with van der Waals surface area (Å²) in [7, 11) is 0. The maximum Gasteiger partial charge on any atom is 0.102 e. The highest BCUT2D eigenvalue weighted by atomic mass is 35.5. The van der Waals surface area contributed by atoms with E-state index in [9.17, 15) is 0 Å². The van der Waals surface area contributed by atoms with Gasteiger partial charge in [0.1, 0.15) is 5.52 Å². The summed E-state index contributed by atoms with van der Waals surface area (Å²) in [5, 5.41) is 4.67. The highest BCUT2D eigenvalue weighted by Crippen LogP contribution is 2.37. The number of hydrogen-bond acceptors (Lipinski definition) is 4. The van der Waals surface area contributed by atoms with Crippen molar-refractivity contribution in [1.82, 2.24) is 9.88 Å². The second-order valence-electron chi connectivity index (χ2n) is 4.20. The maximum absolute atomic E-state index is 6.27. The molecule has 0 spiro atoms. The van der Waals surface area contributed by atoms with Gasteiger partial charge in [-0.2, -0.15) is 0 Å². The lowest BCUT2D eigenvalue weighted by atomic mass is 10.3. The molecule has 0 atom stereocenters. The number of aromatic nitrogens is 1. The molecule has 0 aliphatic carbocycles. The molecule has 0 bridgehead atoms. The van der Waals surface area contributed by atoms with E-state index in [1.165, 1.54) is 0 Å². The lowest BCUT2D eigenvalue weighted by molar-refractivity contribution is 0.316. The van der Waals surface area contributed by atoms with Crippen LogP contribution in [0.3, 0.4) is 0 Å². The third-order valence-electron chi connectivity index (χ3n) is 3.14. The number of nitrogens with one attached hydrogen (secondary N) is 1. The molecule has 2 rings (SSSR count). The first-order valence-corrected chi connectivity index (χ1v) is 7.98. The third-order valence-corrected chi connectivity index (χ3v) is 4.57. The van der Waals surface area contributed by atoms with E-state index in [-0.39, 0.29) is 0 Å². The van der Waals surface area contributed by atoms with Crippen LogP contribution in [-0.2, 0) is 0 Å². The van der Waals surface area contributed by atoms with Gasteiger partial charge in [0.15, 0.2) is 0 Å². The molecule has 1 heterocycles. The SMILES string of the molecule is CCN(CC)CCNc1c(Cl)cc(Cl)c2ncsc12. The molecule has 0 aliphatic heterocycles. The number of rotatable bonds is 6. The van der Waals surface area contributed by atoms with E-state index < -0.39 is 0 Å². The van der Waals surface area contributed by atoms with Crippen molar-refractivity contribution in [3.05, 3.63) is 21.6 Å². The molecule has 1 aromatic carbocycles. The van der Waals surface area contributed by atoms with E-state index in [1.54, 1.807) is 22.9 Å². The molecule has 1 N–H and O–H groups in total. The second-order valence-corrected chi connectivity index (χ2v) is 5.87. The number of fused-ring (bicyclic) bond motifs is 1. The van der Waals surface area contributed by atoms with Gasteiger partial charge >= 0.3 is 0 Å². The van der Waals surface area contributed by atoms with E-state index in [0.717, 1.165) is 42.1 Å². The van der Waals surface area contributed by atoms with Crippen molar-refractivity contribution >= 4 is 50.4 Å². The maximum atomic E-state index is 6.27. The van der Waals surface area contributed by atoms with Crippen molar-refractivity contribution in [2.45, 2.75) is 13.8 Å². The van der Waals surface area contributed by atoms with Crippen LogP contribution in [0, 0.1) is 0 Å². The second kappa shape index (κ2) is 6.75. The van der Waals surface area contributed by atoms with Gasteiger partial charge in [-0.3, -0.25) is 0 Å². The molecule has 0 amide bonds. The normalized spacial score (nSPS) is 11.4. The van der Waals surface area contributed by atoms with Crippen LogP contribution < -0.4 is 5.32 Å². The minimum Gasteiger partial charge on any atom is -0.381 e. The summed E-state index contributed by atoms with van der Waals surface area (Å²) in [5.74, 6) is 0. The Morgan fingerprint density at radius 2 is 2.00 bits per heavy atom. The van der Waals surface area contributed by atoms with Gasteiger partial charge in [-0.25, -0.2) is 4.98 Å². The summed E-state index contributed by atoms with van der Waals surface area (Å²) < 4.78 is 1.03. The zero-order chi connectivity index (χ0) is 13.8. The van der Waals surface area contributed by atoms with Gasteiger partial charge in [0.2, 0.25) is 0 Å². The van der Waals surface area contributed by atoms with Crippen molar-refractivity contribution in [2.24, 2.45) is 0 Å². The van der Waals surface area contributed by atoms with E-state index in [1.807, 2.05) is 0 Å². The largest absolute Gasteiger partial charge is 0.381 e. The standard InChI is InChI=1S/C13H17Cl2N3S/c1-3-18(4-2)6-5-16-11-9(14)7-10(15)12-13(11)19-8-17-12/h7-8,16H,3-6H2,1-2H3. The van der Waals surface area contributed by atoms with Gasteiger partial charge in [-0.05, 0) is 19.2 Å². The summed E-state index contributed by atoms with van der Waals surface area (Å²) >= 11 is 14.0. The molecule has 0 aliphatic rings. The fourth-order valence-electron chi connectivity index (χ4n) is 2.00. The molecule has 3 nitrogen and oxygen atoms in total. The lowest BCUT2D eigenvalue weighted by Gasteiger charge is -2.19. The topological polar surface area (TPSA) is 28.2 Å². The Balaban J connectivity index is 2.14. The number of thiazole rings is 1. The molecule has 104 valence electrons. The van der Waals surface area contributed by atoms with E-state index in [2.05, 4.69) is 29.0 Å². The van der Waals surface area contributed by atoms with Crippen molar-refractivity contribution in [2.75, 3.05) is 31.5 Å². The first kappa shape index (κ1) is 14.9. The molecule has 0 fully saturated rings. The Kier molecular flexibility index (Phi) is 5.28. The first-order chi connectivity index (χ1) is 9.17. The average molecular weight is 318 g/mol. The van der Waals surface area contributed by atoms with Gasteiger partial charge in [-0.15, -0.1) is 11.3 Å². The minimum absolute atomic E-state index is 0.607. The number of benzene rings is 1. The summed E-state index contributed by atoms with van der Waals surface area (Å²) in [6, 6.07) is 1.75. The van der Waals surface area contributed by atoms with Crippen LogP contribution in [0.1, 0.15) is 13.8 Å².